The van der Waals surface area contributed by atoms with Crippen molar-refractivity contribution in [3.63, 3.8) is 0 Å². The normalized spacial score (nSPS) is 17.2. The minimum Gasteiger partial charge on any atom is -0.493 e. The topological polar surface area (TPSA) is 58.1 Å². The SMILES string of the molecule is CN=C(NCCN1CCOCC1)NCc1ccc(-c2ccc3c(c2)CCCO3)cc1. The second kappa shape index (κ2) is 10.5. The first-order valence-electron chi connectivity index (χ1n) is 10.9. The molecule has 0 bridgehead atoms. The van der Waals surface area contributed by atoms with Crippen molar-refractivity contribution in [1.82, 2.24) is 15.5 Å². The first-order chi connectivity index (χ1) is 14.8. The van der Waals surface area contributed by atoms with Crippen LogP contribution in [0.5, 0.6) is 5.75 Å². The van der Waals surface area contributed by atoms with E-state index in [1.807, 2.05) is 7.05 Å². The molecule has 0 aliphatic carbocycles. The minimum absolute atomic E-state index is 0.746. The monoisotopic (exact) mass is 408 g/mol. The maximum atomic E-state index is 5.73. The molecule has 30 heavy (non-hydrogen) atoms. The fourth-order valence-corrected chi connectivity index (χ4v) is 3.92. The maximum absolute atomic E-state index is 5.73. The smallest absolute Gasteiger partial charge is 0.191 e. The van der Waals surface area contributed by atoms with Crippen LogP contribution in [0.4, 0.5) is 0 Å². The molecule has 0 atom stereocenters. The van der Waals surface area contributed by atoms with E-state index in [1.54, 1.807) is 0 Å². The zero-order valence-corrected chi connectivity index (χ0v) is 17.8. The highest BCUT2D eigenvalue weighted by atomic mass is 16.5. The van der Waals surface area contributed by atoms with Crippen LogP contribution < -0.4 is 15.4 Å². The van der Waals surface area contributed by atoms with Crippen LogP contribution in [0.25, 0.3) is 11.1 Å². The maximum Gasteiger partial charge on any atom is 0.191 e. The number of guanidine groups is 1. The standard InChI is InChI=1S/C24H32N4O2/c1-25-24(26-10-11-28-12-15-29-16-13-28)27-18-19-4-6-20(7-5-19)21-8-9-23-22(17-21)3-2-14-30-23/h4-9,17H,2-3,10-16,18H2,1H3,(H2,25,26,27). The van der Waals surface area contributed by atoms with Crippen LogP contribution in [0.3, 0.4) is 0 Å². The summed E-state index contributed by atoms with van der Waals surface area (Å²) < 4.78 is 11.1. The van der Waals surface area contributed by atoms with Gasteiger partial charge in [-0.05, 0) is 47.2 Å². The first-order valence-corrected chi connectivity index (χ1v) is 10.9. The second-order valence-corrected chi connectivity index (χ2v) is 7.78. The Morgan fingerprint density at radius 3 is 2.60 bits per heavy atom. The zero-order chi connectivity index (χ0) is 20.6. The van der Waals surface area contributed by atoms with Crippen molar-refractivity contribution < 1.29 is 9.47 Å². The predicted molar refractivity (Wildman–Crippen MR) is 121 cm³/mol. The summed E-state index contributed by atoms with van der Waals surface area (Å²) in [6.07, 6.45) is 2.20. The van der Waals surface area contributed by atoms with Gasteiger partial charge >= 0.3 is 0 Å². The molecule has 6 nitrogen and oxygen atoms in total. The third-order valence-corrected chi connectivity index (χ3v) is 5.70. The van der Waals surface area contributed by atoms with Gasteiger partial charge in [0.05, 0.1) is 19.8 Å². The van der Waals surface area contributed by atoms with Crippen molar-refractivity contribution in [3.05, 3.63) is 53.6 Å². The number of benzene rings is 2. The summed E-state index contributed by atoms with van der Waals surface area (Å²) in [5, 5.41) is 6.80. The zero-order valence-electron chi connectivity index (χ0n) is 17.8. The van der Waals surface area contributed by atoms with Crippen LogP contribution in [0.1, 0.15) is 17.5 Å². The Morgan fingerprint density at radius 2 is 1.80 bits per heavy atom. The molecule has 2 aliphatic rings. The number of aryl methyl sites for hydroxylation is 1. The van der Waals surface area contributed by atoms with Crippen molar-refractivity contribution in [1.29, 1.82) is 0 Å². The number of hydrogen-bond acceptors (Lipinski definition) is 4. The van der Waals surface area contributed by atoms with Gasteiger partial charge < -0.3 is 20.1 Å². The lowest BCUT2D eigenvalue weighted by atomic mass is 9.98. The molecule has 0 amide bonds. The molecular formula is C24H32N4O2. The van der Waals surface area contributed by atoms with Gasteiger partial charge in [0.1, 0.15) is 5.75 Å². The number of nitrogens with zero attached hydrogens (tertiary/aromatic N) is 2. The Balaban J connectivity index is 1.26. The predicted octanol–water partition coefficient (Wildman–Crippen LogP) is 2.68. The van der Waals surface area contributed by atoms with E-state index in [0.29, 0.717) is 0 Å². The summed E-state index contributed by atoms with van der Waals surface area (Å²) >= 11 is 0. The van der Waals surface area contributed by atoms with Crippen LogP contribution in [-0.2, 0) is 17.7 Å². The molecule has 2 aliphatic heterocycles. The summed E-state index contributed by atoms with van der Waals surface area (Å²) in [7, 11) is 1.81. The summed E-state index contributed by atoms with van der Waals surface area (Å²) in [5.41, 5.74) is 5.03. The van der Waals surface area contributed by atoms with Gasteiger partial charge in [0.25, 0.3) is 0 Å². The number of rotatable bonds is 6. The highest BCUT2D eigenvalue weighted by Crippen LogP contribution is 2.30. The highest BCUT2D eigenvalue weighted by Gasteiger charge is 2.12. The lowest BCUT2D eigenvalue weighted by molar-refractivity contribution is 0.0389. The van der Waals surface area contributed by atoms with E-state index in [0.717, 1.165) is 77.1 Å². The lowest BCUT2D eigenvalue weighted by Gasteiger charge is -2.26. The molecular weight excluding hydrogens is 376 g/mol. The van der Waals surface area contributed by atoms with Gasteiger partial charge in [-0.25, -0.2) is 0 Å². The van der Waals surface area contributed by atoms with Crippen LogP contribution in [0, 0.1) is 0 Å². The van der Waals surface area contributed by atoms with Gasteiger partial charge in [0.2, 0.25) is 0 Å². The number of aliphatic imine (C=N–C) groups is 1. The molecule has 1 fully saturated rings. The number of nitrogens with one attached hydrogen (secondary N) is 2. The van der Waals surface area contributed by atoms with Crippen LogP contribution in [-0.4, -0.2) is 63.9 Å². The molecule has 0 spiro atoms. The molecule has 0 saturated carbocycles. The van der Waals surface area contributed by atoms with Crippen molar-refractivity contribution in [2.24, 2.45) is 4.99 Å². The van der Waals surface area contributed by atoms with E-state index < -0.39 is 0 Å². The Labute approximate surface area is 179 Å². The summed E-state index contributed by atoms with van der Waals surface area (Å²) in [4.78, 5) is 6.74. The fourth-order valence-electron chi connectivity index (χ4n) is 3.92. The van der Waals surface area contributed by atoms with Crippen LogP contribution >= 0.6 is 0 Å². The summed E-state index contributed by atoms with van der Waals surface area (Å²) in [5.74, 6) is 1.88. The average molecular weight is 409 g/mol. The quantitative estimate of drug-likeness (QED) is 0.569. The first kappa shape index (κ1) is 20.7. The fraction of sp³-hybridized carbons (Fsp3) is 0.458. The van der Waals surface area contributed by atoms with E-state index in [9.17, 15) is 0 Å². The molecule has 2 heterocycles. The molecule has 2 N–H and O–H groups in total. The van der Waals surface area contributed by atoms with Gasteiger partial charge in [-0.2, -0.15) is 0 Å². The van der Waals surface area contributed by atoms with Gasteiger partial charge in [0, 0.05) is 39.8 Å². The van der Waals surface area contributed by atoms with E-state index in [4.69, 9.17) is 9.47 Å². The third-order valence-electron chi connectivity index (χ3n) is 5.70. The van der Waals surface area contributed by atoms with Crippen molar-refractivity contribution >= 4 is 5.96 Å². The summed E-state index contributed by atoms with van der Waals surface area (Å²) in [6.45, 7) is 7.15. The van der Waals surface area contributed by atoms with Gasteiger partial charge in [0.15, 0.2) is 5.96 Å². The Hall–Kier alpha value is -2.57. The molecule has 160 valence electrons. The summed E-state index contributed by atoms with van der Waals surface area (Å²) in [6, 6.07) is 15.3. The molecule has 1 saturated heterocycles. The highest BCUT2D eigenvalue weighted by molar-refractivity contribution is 5.79. The van der Waals surface area contributed by atoms with Crippen LogP contribution in [0.2, 0.25) is 0 Å². The Kier molecular flexibility index (Phi) is 7.21. The molecule has 0 unspecified atom stereocenters. The number of hydrogen-bond donors (Lipinski definition) is 2. The van der Waals surface area contributed by atoms with Gasteiger partial charge in [-0.15, -0.1) is 0 Å². The van der Waals surface area contributed by atoms with Crippen molar-refractivity contribution in [2.45, 2.75) is 19.4 Å². The van der Waals surface area contributed by atoms with E-state index >= 15 is 0 Å². The molecule has 0 aromatic heterocycles. The molecule has 2 aromatic rings. The van der Waals surface area contributed by atoms with Crippen LogP contribution in [0.15, 0.2) is 47.5 Å². The van der Waals surface area contributed by atoms with E-state index in [-0.39, 0.29) is 0 Å². The minimum atomic E-state index is 0.746. The molecule has 4 rings (SSSR count). The Bertz CT molecular complexity index is 845. The molecule has 0 radical (unpaired) electrons. The van der Waals surface area contributed by atoms with E-state index in [2.05, 4.69) is 63.0 Å². The van der Waals surface area contributed by atoms with Gasteiger partial charge in [-0.3, -0.25) is 9.89 Å². The van der Waals surface area contributed by atoms with Crippen molar-refractivity contribution in [2.75, 3.05) is 53.0 Å². The second-order valence-electron chi connectivity index (χ2n) is 7.78. The van der Waals surface area contributed by atoms with E-state index in [1.165, 1.54) is 22.3 Å². The number of fused-ring (bicyclic) bond motifs is 1. The number of morpholine rings is 1. The Morgan fingerprint density at radius 1 is 1.00 bits per heavy atom. The van der Waals surface area contributed by atoms with Crippen molar-refractivity contribution in [3.8, 4) is 16.9 Å². The molecule has 2 aromatic carbocycles. The number of ether oxygens (including phenoxy) is 2. The molecule has 6 heteroatoms. The van der Waals surface area contributed by atoms with Gasteiger partial charge in [-0.1, -0.05) is 30.3 Å². The average Bonchev–Trinajstić information content (AvgIpc) is 2.82. The largest absolute Gasteiger partial charge is 0.493 e. The lowest BCUT2D eigenvalue weighted by Crippen LogP contribution is -2.44. The third kappa shape index (κ3) is 5.52.